The van der Waals surface area contributed by atoms with Crippen molar-refractivity contribution in [3.63, 3.8) is 0 Å². The second-order valence-electron chi connectivity index (χ2n) is 14.2. The average Bonchev–Trinajstić information content (AvgIpc) is 3.58. The second-order valence-corrected chi connectivity index (χ2v) is 14.2. The van der Waals surface area contributed by atoms with Crippen LogP contribution in [-0.2, 0) is 12.8 Å². The Kier molecular flexibility index (Phi) is 9.58. The van der Waals surface area contributed by atoms with Gasteiger partial charge in [-0.15, -0.1) is 0 Å². The Bertz CT molecular complexity index is 2270. The van der Waals surface area contributed by atoms with Gasteiger partial charge in [0.15, 0.2) is 0 Å². The number of aryl methyl sites for hydroxylation is 3. The highest BCUT2D eigenvalue weighted by atomic mass is 16.5. The molecule has 4 aromatic carbocycles. The molecular weight excluding hydrogens is 613 g/mol. The smallest absolute Gasteiger partial charge is 0.137 e. The molecule has 254 valence electrons. The Labute approximate surface area is 296 Å². The van der Waals surface area contributed by atoms with Gasteiger partial charge in [-0.2, -0.15) is 5.10 Å². The maximum atomic E-state index is 6.77. The highest BCUT2D eigenvalue weighted by Crippen LogP contribution is 2.37. The maximum absolute atomic E-state index is 6.77. The Hall–Kier alpha value is -5.16. The zero-order valence-electron chi connectivity index (χ0n) is 30.3. The largest absolute Gasteiger partial charge is 0.457 e. The van der Waals surface area contributed by atoms with Gasteiger partial charge in [-0.3, -0.25) is 4.57 Å². The maximum Gasteiger partial charge on any atom is 0.137 e. The minimum absolute atomic E-state index is 0.504. The molecule has 3 aromatic heterocycles. The SMILES string of the molecule is CCCCCCc1ccc2c(c1)c1ccc(Oc3cc(CC(C)C)cc(-n4nc(C)c(-c5ccccc5)c4C)c3)cc1n2-c1cc(C)ccn1. The minimum Gasteiger partial charge on any atom is -0.457 e. The first-order valence-electron chi connectivity index (χ1n) is 18.2. The summed E-state index contributed by atoms with van der Waals surface area (Å²) in [6.45, 7) is 13.1. The van der Waals surface area contributed by atoms with E-state index >= 15 is 0 Å². The number of unbranched alkanes of at least 4 members (excludes halogenated alkanes) is 3. The third-order valence-corrected chi connectivity index (χ3v) is 9.68. The van der Waals surface area contributed by atoms with E-state index in [1.54, 1.807) is 0 Å². The monoisotopic (exact) mass is 660 g/mol. The van der Waals surface area contributed by atoms with Crippen LogP contribution < -0.4 is 4.74 Å². The fraction of sp³-hybridized carbons (Fsp3) is 0.289. The third-order valence-electron chi connectivity index (χ3n) is 9.68. The fourth-order valence-electron chi connectivity index (χ4n) is 7.38. The molecule has 0 N–H and O–H groups in total. The number of benzene rings is 4. The number of hydrogen-bond donors (Lipinski definition) is 0. The highest BCUT2D eigenvalue weighted by Gasteiger charge is 2.18. The molecule has 0 saturated heterocycles. The van der Waals surface area contributed by atoms with E-state index in [1.165, 1.54) is 64.3 Å². The molecule has 5 heteroatoms. The van der Waals surface area contributed by atoms with E-state index in [2.05, 4.69) is 142 Å². The summed E-state index contributed by atoms with van der Waals surface area (Å²) in [7, 11) is 0. The zero-order valence-corrected chi connectivity index (χ0v) is 30.3. The molecule has 0 aliphatic rings. The number of nitrogens with zero attached hydrogens (tertiary/aromatic N) is 4. The number of aromatic nitrogens is 4. The van der Waals surface area contributed by atoms with E-state index in [9.17, 15) is 0 Å². The van der Waals surface area contributed by atoms with Crippen molar-refractivity contribution in [3.05, 3.63) is 131 Å². The van der Waals surface area contributed by atoms with Crippen LogP contribution in [-0.4, -0.2) is 19.3 Å². The van der Waals surface area contributed by atoms with Crippen molar-refractivity contribution in [1.29, 1.82) is 0 Å². The van der Waals surface area contributed by atoms with Crippen LogP contribution in [0.3, 0.4) is 0 Å². The summed E-state index contributed by atoms with van der Waals surface area (Å²) in [4.78, 5) is 4.82. The van der Waals surface area contributed by atoms with Gasteiger partial charge in [-0.05, 0) is 117 Å². The Balaban J connectivity index is 1.31. The highest BCUT2D eigenvalue weighted by molar-refractivity contribution is 6.09. The fourth-order valence-corrected chi connectivity index (χ4v) is 7.38. The van der Waals surface area contributed by atoms with Crippen LogP contribution in [0.5, 0.6) is 11.5 Å². The summed E-state index contributed by atoms with van der Waals surface area (Å²) in [6, 6.07) is 34.7. The molecule has 5 nitrogen and oxygen atoms in total. The molecule has 0 unspecified atom stereocenters. The summed E-state index contributed by atoms with van der Waals surface area (Å²) < 4.78 is 11.1. The summed E-state index contributed by atoms with van der Waals surface area (Å²) >= 11 is 0. The van der Waals surface area contributed by atoms with Crippen LogP contribution in [0.15, 0.2) is 103 Å². The van der Waals surface area contributed by atoms with E-state index < -0.39 is 0 Å². The number of hydrogen-bond acceptors (Lipinski definition) is 3. The lowest BCUT2D eigenvalue weighted by Crippen LogP contribution is -2.03. The van der Waals surface area contributed by atoms with Crippen molar-refractivity contribution < 1.29 is 4.74 Å². The van der Waals surface area contributed by atoms with Gasteiger partial charge in [0.25, 0.3) is 0 Å². The standard InChI is InChI=1S/C45H48N4O/c1-7-8-9-11-14-34-17-20-42-41(27-34)40-19-18-38(29-43(40)48(42)44-24-31(4)21-22-46-44)50-39-26-35(23-30(2)3)25-37(28-39)49-33(6)45(32(5)47-49)36-15-12-10-13-16-36/h10,12-13,15-22,24-30H,7-9,11,14,23H2,1-6H3. The van der Waals surface area contributed by atoms with Crippen LogP contribution in [0.1, 0.15) is 74.5 Å². The Morgan fingerprint density at radius 2 is 1.56 bits per heavy atom. The molecular formula is C45H48N4O. The molecule has 0 aliphatic carbocycles. The molecule has 0 amide bonds. The molecule has 0 bridgehead atoms. The van der Waals surface area contributed by atoms with Crippen LogP contribution in [0.2, 0.25) is 0 Å². The summed E-state index contributed by atoms with van der Waals surface area (Å²) in [6.07, 6.45) is 8.99. The first-order valence-corrected chi connectivity index (χ1v) is 18.2. The molecule has 0 spiro atoms. The second kappa shape index (κ2) is 14.4. The lowest BCUT2D eigenvalue weighted by molar-refractivity contribution is 0.481. The van der Waals surface area contributed by atoms with Crippen molar-refractivity contribution in [1.82, 2.24) is 19.3 Å². The summed E-state index contributed by atoms with van der Waals surface area (Å²) in [5, 5.41) is 7.49. The number of fused-ring (bicyclic) bond motifs is 3. The van der Waals surface area contributed by atoms with Crippen LogP contribution >= 0.6 is 0 Å². The summed E-state index contributed by atoms with van der Waals surface area (Å²) in [5.41, 5.74) is 11.5. The lowest BCUT2D eigenvalue weighted by Gasteiger charge is -2.14. The molecule has 0 aliphatic heterocycles. The molecule has 0 saturated carbocycles. The van der Waals surface area contributed by atoms with E-state index in [-0.39, 0.29) is 0 Å². The predicted molar refractivity (Wildman–Crippen MR) is 208 cm³/mol. The third kappa shape index (κ3) is 6.82. The topological polar surface area (TPSA) is 44.9 Å². The minimum atomic E-state index is 0.504. The average molecular weight is 661 g/mol. The zero-order chi connectivity index (χ0) is 34.8. The number of pyridine rings is 1. The van der Waals surface area contributed by atoms with Crippen LogP contribution in [0.25, 0.3) is 44.4 Å². The van der Waals surface area contributed by atoms with E-state index in [1.807, 2.05) is 12.3 Å². The van der Waals surface area contributed by atoms with E-state index in [0.29, 0.717) is 5.92 Å². The molecule has 7 rings (SSSR count). The number of rotatable bonds is 12. The molecule has 3 heterocycles. The van der Waals surface area contributed by atoms with Gasteiger partial charge < -0.3 is 4.74 Å². The van der Waals surface area contributed by atoms with Crippen LogP contribution in [0, 0.1) is 26.7 Å². The lowest BCUT2D eigenvalue weighted by atomic mass is 10.0. The number of ether oxygens (including phenoxy) is 1. The van der Waals surface area contributed by atoms with E-state index in [0.717, 1.165) is 58.3 Å². The van der Waals surface area contributed by atoms with Crippen LogP contribution in [0.4, 0.5) is 0 Å². The van der Waals surface area contributed by atoms with Crippen molar-refractivity contribution >= 4 is 21.8 Å². The normalized spacial score (nSPS) is 11.7. The first kappa shape index (κ1) is 33.3. The van der Waals surface area contributed by atoms with Gasteiger partial charge in [-0.25, -0.2) is 9.67 Å². The summed E-state index contributed by atoms with van der Waals surface area (Å²) in [5.74, 6) is 3.01. The van der Waals surface area contributed by atoms with Gasteiger partial charge >= 0.3 is 0 Å². The van der Waals surface area contributed by atoms with Gasteiger partial charge in [0.05, 0.1) is 22.4 Å². The van der Waals surface area contributed by atoms with Gasteiger partial charge in [0.2, 0.25) is 0 Å². The van der Waals surface area contributed by atoms with E-state index in [4.69, 9.17) is 14.8 Å². The van der Waals surface area contributed by atoms with Gasteiger partial charge in [0, 0.05) is 40.4 Å². The predicted octanol–water partition coefficient (Wildman–Crippen LogP) is 12.1. The molecule has 0 fully saturated rings. The van der Waals surface area contributed by atoms with Gasteiger partial charge in [0.1, 0.15) is 17.3 Å². The molecule has 50 heavy (non-hydrogen) atoms. The molecule has 0 radical (unpaired) electrons. The van der Waals surface area contributed by atoms with Crippen molar-refractivity contribution in [2.45, 2.75) is 80.1 Å². The first-order chi connectivity index (χ1) is 24.3. The Morgan fingerprint density at radius 1 is 0.720 bits per heavy atom. The van der Waals surface area contributed by atoms with Gasteiger partial charge in [-0.1, -0.05) is 76.4 Å². The van der Waals surface area contributed by atoms with Crippen molar-refractivity contribution in [2.75, 3.05) is 0 Å². The Morgan fingerprint density at radius 3 is 2.34 bits per heavy atom. The molecule has 0 atom stereocenters. The van der Waals surface area contributed by atoms with Crippen molar-refractivity contribution in [2.24, 2.45) is 5.92 Å². The quantitative estimate of drug-likeness (QED) is 0.123. The van der Waals surface area contributed by atoms with Crippen molar-refractivity contribution in [3.8, 4) is 34.1 Å². The molecule has 7 aromatic rings.